The molecule has 0 aliphatic carbocycles. The summed E-state index contributed by atoms with van der Waals surface area (Å²) >= 11 is 2.38. The first-order valence-corrected chi connectivity index (χ1v) is 6.89. The van der Waals surface area contributed by atoms with Crippen molar-refractivity contribution in [3.05, 3.63) is 63.2 Å². The zero-order valence-corrected chi connectivity index (χ0v) is 13.0. The Balaban J connectivity index is 0.000000444. The molecule has 0 spiro atoms. The van der Waals surface area contributed by atoms with E-state index < -0.39 is 6.68 Å². The second-order valence-electron chi connectivity index (χ2n) is 3.86. The largest absolute Gasteiger partial charge is 0.497 e. The maximum atomic E-state index is 9.67. The molecule has 0 bridgehead atoms. The van der Waals surface area contributed by atoms with Crippen LogP contribution in [0.15, 0.2) is 48.5 Å². The number of benzene rings is 2. The molecule has 0 N–H and O–H groups in total. The van der Waals surface area contributed by atoms with Crippen LogP contribution in [0.25, 0.3) is 0 Å². The van der Waals surface area contributed by atoms with Crippen molar-refractivity contribution in [3.8, 4) is 5.75 Å². The Labute approximate surface area is 129 Å². The van der Waals surface area contributed by atoms with Crippen molar-refractivity contribution < 1.29 is 17.9 Å². The normalized spacial score (nSPS) is 9.90. The van der Waals surface area contributed by atoms with Crippen LogP contribution in [-0.4, -0.2) is 13.8 Å². The predicted octanol–water partition coefficient (Wildman–Crippen LogP) is 5.07. The molecular weight excluding hydrogens is 380 g/mol. The van der Waals surface area contributed by atoms with Crippen LogP contribution in [0, 0.1) is 3.57 Å². The molecule has 1 nitrogen and oxygen atoms in total. The minimum atomic E-state index is -3.67. The van der Waals surface area contributed by atoms with Crippen molar-refractivity contribution in [2.75, 3.05) is 7.11 Å². The Bertz CT molecular complexity index is 512. The number of methoxy groups -OCH3 is 1. The zero-order chi connectivity index (χ0) is 15.0. The van der Waals surface area contributed by atoms with E-state index in [0.717, 1.165) is 12.2 Å². The third kappa shape index (κ3) is 6.27. The number of halogens is 4. The zero-order valence-electron chi connectivity index (χ0n) is 10.8. The van der Waals surface area contributed by atoms with Gasteiger partial charge in [-0.05, 0) is 58.3 Å². The van der Waals surface area contributed by atoms with Crippen LogP contribution < -0.4 is 4.74 Å². The molecule has 0 unspecified atom stereocenters. The molecule has 20 heavy (non-hydrogen) atoms. The Hall–Kier alpha value is -1.24. The van der Waals surface area contributed by atoms with E-state index in [1.54, 1.807) is 7.11 Å². The minimum Gasteiger partial charge on any atom is -0.497 e. The number of hydrogen-bond donors (Lipinski definition) is 0. The van der Waals surface area contributed by atoms with Crippen LogP contribution in [0.2, 0.25) is 0 Å². The van der Waals surface area contributed by atoms with Crippen LogP contribution in [0.4, 0.5) is 13.2 Å². The molecule has 2 rings (SSSR count). The monoisotopic (exact) mass is 394 g/mol. The van der Waals surface area contributed by atoms with E-state index in [4.69, 9.17) is 4.74 Å². The van der Waals surface area contributed by atoms with Gasteiger partial charge in [0, 0.05) is 3.57 Å². The standard InChI is InChI=1S/C14H13IO.CHF3/c1-16-13-8-6-11(7-9-13)10-12-4-2-3-5-14(12)15;2-1(3)4/h2-9H,10H2,1H3;1H. The van der Waals surface area contributed by atoms with Gasteiger partial charge in [0.05, 0.1) is 7.11 Å². The summed E-state index contributed by atoms with van der Waals surface area (Å²) in [6.45, 7) is -3.67. The Morgan fingerprint density at radius 2 is 1.55 bits per heavy atom. The van der Waals surface area contributed by atoms with Crippen molar-refractivity contribution in [3.63, 3.8) is 0 Å². The molecule has 0 heterocycles. The highest BCUT2D eigenvalue weighted by Crippen LogP contribution is 2.18. The van der Waals surface area contributed by atoms with E-state index in [0.29, 0.717) is 0 Å². The molecule has 0 aromatic heterocycles. The molecule has 2 aromatic carbocycles. The van der Waals surface area contributed by atoms with Gasteiger partial charge in [-0.15, -0.1) is 0 Å². The lowest BCUT2D eigenvalue weighted by Crippen LogP contribution is -1.91. The molecule has 0 atom stereocenters. The molecule has 5 heteroatoms. The van der Waals surface area contributed by atoms with Crippen LogP contribution in [0.5, 0.6) is 5.75 Å². The lowest BCUT2D eigenvalue weighted by Gasteiger charge is -2.05. The minimum absolute atomic E-state index is 0.909. The van der Waals surface area contributed by atoms with Gasteiger partial charge in [0.1, 0.15) is 5.75 Å². The Morgan fingerprint density at radius 3 is 2.05 bits per heavy atom. The quantitative estimate of drug-likeness (QED) is 0.661. The number of ether oxygens (including phenoxy) is 1. The molecule has 108 valence electrons. The topological polar surface area (TPSA) is 9.23 Å². The van der Waals surface area contributed by atoms with Gasteiger partial charge < -0.3 is 4.74 Å². The van der Waals surface area contributed by atoms with Crippen molar-refractivity contribution in [1.29, 1.82) is 0 Å². The highest BCUT2D eigenvalue weighted by atomic mass is 127. The molecule has 0 saturated carbocycles. The Morgan fingerprint density at radius 1 is 1.00 bits per heavy atom. The highest BCUT2D eigenvalue weighted by Gasteiger charge is 2.00. The second kappa shape index (κ2) is 8.84. The summed E-state index contributed by atoms with van der Waals surface area (Å²) in [6.07, 6.45) is 0.975. The summed E-state index contributed by atoms with van der Waals surface area (Å²) < 4.78 is 35.5. The van der Waals surface area contributed by atoms with Gasteiger partial charge in [-0.25, -0.2) is 0 Å². The summed E-state index contributed by atoms with van der Waals surface area (Å²) in [6, 6.07) is 16.7. The molecule has 0 fully saturated rings. The van der Waals surface area contributed by atoms with Gasteiger partial charge in [-0.1, -0.05) is 30.3 Å². The summed E-state index contributed by atoms with van der Waals surface area (Å²) in [7, 11) is 1.69. The van der Waals surface area contributed by atoms with Crippen LogP contribution in [0.3, 0.4) is 0 Å². The van der Waals surface area contributed by atoms with E-state index >= 15 is 0 Å². The van der Waals surface area contributed by atoms with E-state index in [1.807, 2.05) is 12.1 Å². The Kier molecular flexibility index (Phi) is 7.43. The number of alkyl halides is 3. The SMILES string of the molecule is COc1ccc(Cc2ccccc2I)cc1.FC(F)F. The van der Waals surface area contributed by atoms with Crippen molar-refractivity contribution in [2.45, 2.75) is 13.1 Å². The summed E-state index contributed by atoms with van der Waals surface area (Å²) in [4.78, 5) is 0. The molecule has 0 amide bonds. The van der Waals surface area contributed by atoms with E-state index in [9.17, 15) is 13.2 Å². The smallest absolute Gasteiger partial charge is 0.379 e. The lowest BCUT2D eigenvalue weighted by molar-refractivity contribution is 0.00819. The van der Waals surface area contributed by atoms with E-state index in [2.05, 4.69) is 59.0 Å². The third-order valence-corrected chi connectivity index (χ3v) is 3.56. The maximum absolute atomic E-state index is 9.67. The molecule has 0 radical (unpaired) electrons. The first-order chi connectivity index (χ1) is 9.52. The maximum Gasteiger partial charge on any atom is 0.379 e. The van der Waals surface area contributed by atoms with Crippen LogP contribution >= 0.6 is 22.6 Å². The molecule has 0 saturated heterocycles. The predicted molar refractivity (Wildman–Crippen MR) is 82.1 cm³/mol. The molecule has 2 aromatic rings. The second-order valence-corrected chi connectivity index (χ2v) is 5.03. The van der Waals surface area contributed by atoms with E-state index in [1.165, 1.54) is 14.7 Å². The summed E-state index contributed by atoms with van der Waals surface area (Å²) in [5.41, 5.74) is 2.68. The van der Waals surface area contributed by atoms with Gasteiger partial charge in [0.15, 0.2) is 0 Å². The molecule has 0 aliphatic rings. The van der Waals surface area contributed by atoms with Crippen molar-refractivity contribution >= 4 is 22.6 Å². The number of rotatable bonds is 3. The summed E-state index contributed by atoms with van der Waals surface area (Å²) in [5.74, 6) is 0.909. The van der Waals surface area contributed by atoms with Gasteiger partial charge in [-0.2, -0.15) is 13.2 Å². The van der Waals surface area contributed by atoms with Gasteiger partial charge in [0.2, 0.25) is 0 Å². The number of hydrogen-bond acceptors (Lipinski definition) is 1. The molecular formula is C15H14F3IO. The van der Waals surface area contributed by atoms with Gasteiger partial charge in [-0.3, -0.25) is 0 Å². The van der Waals surface area contributed by atoms with Crippen molar-refractivity contribution in [2.24, 2.45) is 0 Å². The summed E-state index contributed by atoms with van der Waals surface area (Å²) in [5, 5.41) is 0. The van der Waals surface area contributed by atoms with E-state index in [-0.39, 0.29) is 0 Å². The van der Waals surface area contributed by atoms with Gasteiger partial charge in [0.25, 0.3) is 0 Å². The first kappa shape index (κ1) is 16.8. The first-order valence-electron chi connectivity index (χ1n) is 5.81. The van der Waals surface area contributed by atoms with Crippen LogP contribution in [0.1, 0.15) is 11.1 Å². The average molecular weight is 394 g/mol. The molecule has 0 aliphatic heterocycles. The van der Waals surface area contributed by atoms with Crippen LogP contribution in [-0.2, 0) is 6.42 Å². The fourth-order valence-corrected chi connectivity index (χ4v) is 2.18. The fourth-order valence-electron chi connectivity index (χ4n) is 1.61. The fraction of sp³-hybridized carbons (Fsp3) is 0.200. The average Bonchev–Trinajstić information content (AvgIpc) is 2.42. The third-order valence-electron chi connectivity index (χ3n) is 2.51. The highest BCUT2D eigenvalue weighted by molar-refractivity contribution is 14.1. The van der Waals surface area contributed by atoms with Crippen molar-refractivity contribution in [1.82, 2.24) is 0 Å². The van der Waals surface area contributed by atoms with Gasteiger partial charge >= 0.3 is 6.68 Å². The lowest BCUT2D eigenvalue weighted by atomic mass is 10.1.